The molecular formula is C15H18N2. The van der Waals surface area contributed by atoms with E-state index in [-0.39, 0.29) is 0 Å². The minimum atomic E-state index is 1.10. The van der Waals surface area contributed by atoms with Crippen LogP contribution in [0.3, 0.4) is 0 Å². The lowest BCUT2D eigenvalue weighted by molar-refractivity contribution is 0.522. The number of aromatic nitrogens is 2. The second-order valence-electron chi connectivity index (χ2n) is 4.74. The zero-order chi connectivity index (χ0) is 11.7. The van der Waals surface area contributed by atoms with Gasteiger partial charge in [0.2, 0.25) is 0 Å². The van der Waals surface area contributed by atoms with Crippen molar-refractivity contribution in [1.82, 2.24) is 9.55 Å². The fourth-order valence-corrected chi connectivity index (χ4v) is 2.46. The van der Waals surface area contributed by atoms with E-state index in [1.165, 1.54) is 29.8 Å². The van der Waals surface area contributed by atoms with E-state index in [1.54, 1.807) is 0 Å². The van der Waals surface area contributed by atoms with Gasteiger partial charge >= 0.3 is 0 Å². The SMILES string of the molecule is CCc1ccc(-c2cn3c(n2)CCCC3)cc1. The van der Waals surface area contributed by atoms with Crippen LogP contribution in [0.4, 0.5) is 0 Å². The number of aryl methyl sites for hydroxylation is 3. The van der Waals surface area contributed by atoms with Crippen LogP contribution in [0.15, 0.2) is 30.5 Å². The molecule has 0 bridgehead atoms. The normalized spacial score (nSPS) is 14.6. The third kappa shape index (κ3) is 1.99. The topological polar surface area (TPSA) is 17.8 Å². The van der Waals surface area contributed by atoms with Gasteiger partial charge in [0.25, 0.3) is 0 Å². The smallest absolute Gasteiger partial charge is 0.109 e. The number of hydrogen-bond acceptors (Lipinski definition) is 1. The van der Waals surface area contributed by atoms with Gasteiger partial charge in [-0.3, -0.25) is 0 Å². The maximum absolute atomic E-state index is 4.74. The second-order valence-corrected chi connectivity index (χ2v) is 4.74. The molecule has 2 heteroatoms. The molecule has 0 amide bonds. The van der Waals surface area contributed by atoms with Crippen LogP contribution in [0.5, 0.6) is 0 Å². The van der Waals surface area contributed by atoms with Gasteiger partial charge in [0.1, 0.15) is 5.82 Å². The van der Waals surface area contributed by atoms with Crippen molar-refractivity contribution in [3.8, 4) is 11.3 Å². The third-order valence-electron chi connectivity index (χ3n) is 3.57. The maximum Gasteiger partial charge on any atom is 0.109 e. The molecule has 0 N–H and O–H groups in total. The number of rotatable bonds is 2. The van der Waals surface area contributed by atoms with Crippen LogP contribution in [0.25, 0.3) is 11.3 Å². The van der Waals surface area contributed by atoms with Crippen LogP contribution in [-0.4, -0.2) is 9.55 Å². The maximum atomic E-state index is 4.74. The molecule has 2 nitrogen and oxygen atoms in total. The molecule has 1 aliphatic heterocycles. The largest absolute Gasteiger partial charge is 0.334 e. The van der Waals surface area contributed by atoms with Crippen molar-refractivity contribution in [2.45, 2.75) is 39.2 Å². The Morgan fingerprint density at radius 3 is 2.71 bits per heavy atom. The number of imidazole rings is 1. The first kappa shape index (κ1) is 10.6. The lowest BCUT2D eigenvalue weighted by atomic mass is 10.1. The summed E-state index contributed by atoms with van der Waals surface area (Å²) in [5.74, 6) is 1.26. The quantitative estimate of drug-likeness (QED) is 0.767. The highest BCUT2D eigenvalue weighted by molar-refractivity contribution is 5.59. The van der Waals surface area contributed by atoms with Crippen molar-refractivity contribution >= 4 is 0 Å². The highest BCUT2D eigenvalue weighted by atomic mass is 15.1. The van der Waals surface area contributed by atoms with Gasteiger partial charge in [-0.05, 0) is 24.8 Å². The van der Waals surface area contributed by atoms with Crippen molar-refractivity contribution in [3.63, 3.8) is 0 Å². The molecule has 0 unspecified atom stereocenters. The number of hydrogen-bond donors (Lipinski definition) is 0. The first-order chi connectivity index (χ1) is 8.36. The Hall–Kier alpha value is -1.57. The molecule has 17 heavy (non-hydrogen) atoms. The average molecular weight is 226 g/mol. The minimum Gasteiger partial charge on any atom is -0.334 e. The van der Waals surface area contributed by atoms with Crippen molar-refractivity contribution in [2.24, 2.45) is 0 Å². The molecule has 3 rings (SSSR count). The molecule has 1 aromatic carbocycles. The number of benzene rings is 1. The Balaban J connectivity index is 1.94. The molecule has 0 fully saturated rings. The van der Waals surface area contributed by atoms with E-state index in [0.717, 1.165) is 25.1 Å². The fourth-order valence-electron chi connectivity index (χ4n) is 2.46. The first-order valence-corrected chi connectivity index (χ1v) is 6.52. The summed E-state index contributed by atoms with van der Waals surface area (Å²) < 4.78 is 2.31. The van der Waals surface area contributed by atoms with Crippen LogP contribution in [0, 0.1) is 0 Å². The highest BCUT2D eigenvalue weighted by Gasteiger charge is 2.12. The van der Waals surface area contributed by atoms with E-state index < -0.39 is 0 Å². The summed E-state index contributed by atoms with van der Waals surface area (Å²) in [5.41, 5.74) is 3.76. The zero-order valence-electron chi connectivity index (χ0n) is 10.3. The molecule has 0 saturated heterocycles. The number of nitrogens with zero attached hydrogens (tertiary/aromatic N) is 2. The molecule has 2 aromatic rings. The van der Waals surface area contributed by atoms with Crippen molar-refractivity contribution in [1.29, 1.82) is 0 Å². The van der Waals surface area contributed by atoms with Crippen LogP contribution < -0.4 is 0 Å². The summed E-state index contributed by atoms with van der Waals surface area (Å²) >= 11 is 0. The van der Waals surface area contributed by atoms with E-state index in [2.05, 4.69) is 42.0 Å². The van der Waals surface area contributed by atoms with Crippen LogP contribution in [0.2, 0.25) is 0 Å². The summed E-state index contributed by atoms with van der Waals surface area (Å²) in [6, 6.07) is 8.78. The molecule has 88 valence electrons. The standard InChI is InChI=1S/C15H18N2/c1-2-12-6-8-13(9-7-12)14-11-17-10-4-3-5-15(17)16-14/h6-9,11H,2-5,10H2,1H3. The molecule has 1 aliphatic rings. The van der Waals surface area contributed by atoms with Gasteiger partial charge in [-0.15, -0.1) is 0 Å². The van der Waals surface area contributed by atoms with Crippen LogP contribution in [0.1, 0.15) is 31.2 Å². The van der Waals surface area contributed by atoms with Crippen molar-refractivity contribution in [3.05, 3.63) is 41.9 Å². The summed E-state index contributed by atoms with van der Waals surface area (Å²) in [6.07, 6.45) is 7.01. The summed E-state index contributed by atoms with van der Waals surface area (Å²) in [6.45, 7) is 3.32. The molecule has 0 saturated carbocycles. The molecule has 2 heterocycles. The van der Waals surface area contributed by atoms with Gasteiger partial charge in [-0.2, -0.15) is 0 Å². The van der Waals surface area contributed by atoms with E-state index in [9.17, 15) is 0 Å². The molecule has 0 atom stereocenters. The van der Waals surface area contributed by atoms with Crippen LogP contribution >= 0.6 is 0 Å². The first-order valence-electron chi connectivity index (χ1n) is 6.52. The predicted molar refractivity (Wildman–Crippen MR) is 70.0 cm³/mol. The predicted octanol–water partition coefficient (Wildman–Crippen LogP) is 3.45. The third-order valence-corrected chi connectivity index (χ3v) is 3.57. The Bertz CT molecular complexity index is 485. The van der Waals surface area contributed by atoms with Gasteiger partial charge in [-0.1, -0.05) is 31.2 Å². The van der Waals surface area contributed by atoms with Crippen molar-refractivity contribution in [2.75, 3.05) is 0 Å². The van der Waals surface area contributed by atoms with Crippen LogP contribution in [-0.2, 0) is 19.4 Å². The Morgan fingerprint density at radius 1 is 1.18 bits per heavy atom. The Labute approximate surface area is 102 Å². The van der Waals surface area contributed by atoms with E-state index in [1.807, 2.05) is 0 Å². The van der Waals surface area contributed by atoms with E-state index in [4.69, 9.17) is 4.98 Å². The summed E-state index contributed by atoms with van der Waals surface area (Å²) in [5, 5.41) is 0. The molecule has 1 aromatic heterocycles. The van der Waals surface area contributed by atoms with Gasteiger partial charge in [0, 0.05) is 24.7 Å². The summed E-state index contributed by atoms with van der Waals surface area (Å²) in [7, 11) is 0. The Morgan fingerprint density at radius 2 is 2.00 bits per heavy atom. The van der Waals surface area contributed by atoms with Gasteiger partial charge in [0.05, 0.1) is 5.69 Å². The van der Waals surface area contributed by atoms with E-state index >= 15 is 0 Å². The minimum absolute atomic E-state index is 1.10. The lowest BCUT2D eigenvalue weighted by Crippen LogP contribution is -2.08. The number of fused-ring (bicyclic) bond motifs is 1. The molecule has 0 spiro atoms. The lowest BCUT2D eigenvalue weighted by Gasteiger charge is -2.11. The second kappa shape index (κ2) is 4.36. The summed E-state index contributed by atoms with van der Waals surface area (Å²) in [4.78, 5) is 4.74. The highest BCUT2D eigenvalue weighted by Crippen LogP contribution is 2.22. The van der Waals surface area contributed by atoms with E-state index in [0.29, 0.717) is 0 Å². The van der Waals surface area contributed by atoms with Gasteiger partial charge in [-0.25, -0.2) is 4.98 Å². The average Bonchev–Trinajstić information content (AvgIpc) is 2.82. The monoisotopic (exact) mass is 226 g/mol. The molecule has 0 aliphatic carbocycles. The zero-order valence-corrected chi connectivity index (χ0v) is 10.3. The fraction of sp³-hybridized carbons (Fsp3) is 0.400. The molecule has 0 radical (unpaired) electrons. The van der Waals surface area contributed by atoms with Gasteiger partial charge < -0.3 is 4.57 Å². The van der Waals surface area contributed by atoms with Gasteiger partial charge in [0.15, 0.2) is 0 Å². The Kier molecular flexibility index (Phi) is 2.71. The molecular weight excluding hydrogens is 208 g/mol. The van der Waals surface area contributed by atoms with Crippen molar-refractivity contribution < 1.29 is 0 Å².